The molecule has 0 aromatic rings. The molecule has 10 unspecified atom stereocenters. The standard InChI is InChI=1S/C23H37F3N4O3/c1-11-5-6-15(29-21(31)19-20(23(24,25)26)33-13(3)28-19)9-16(11)17-8-14-10-27-12(2)7-18(14)30(4)22(17)32/h11-20,27-28H,5-10H2,1-4H3,(H,29,31). The van der Waals surface area contributed by atoms with Crippen molar-refractivity contribution in [2.24, 2.45) is 23.7 Å². The highest BCUT2D eigenvalue weighted by Gasteiger charge is 2.54. The largest absolute Gasteiger partial charge is 0.416 e. The molecule has 4 aliphatic rings. The Balaban J connectivity index is 1.42. The Hall–Kier alpha value is -1.39. The molecule has 4 rings (SSSR count). The molecule has 1 aliphatic carbocycles. The van der Waals surface area contributed by atoms with Crippen LogP contribution in [-0.4, -0.2) is 73.0 Å². The molecule has 7 nitrogen and oxygen atoms in total. The number of hydrogen-bond donors (Lipinski definition) is 3. The molecule has 0 bridgehead atoms. The van der Waals surface area contributed by atoms with E-state index in [0.29, 0.717) is 30.7 Å². The monoisotopic (exact) mass is 474 g/mol. The van der Waals surface area contributed by atoms with Gasteiger partial charge in [0.25, 0.3) is 0 Å². The van der Waals surface area contributed by atoms with E-state index in [4.69, 9.17) is 4.74 Å². The lowest BCUT2D eigenvalue weighted by Gasteiger charge is -2.50. The van der Waals surface area contributed by atoms with Gasteiger partial charge in [0.2, 0.25) is 11.8 Å². The van der Waals surface area contributed by atoms with Gasteiger partial charge in [-0.15, -0.1) is 0 Å². The van der Waals surface area contributed by atoms with E-state index in [0.717, 1.165) is 25.8 Å². The zero-order valence-electron chi connectivity index (χ0n) is 19.8. The predicted octanol–water partition coefficient (Wildman–Crippen LogP) is 2.02. The third-order valence-electron chi connectivity index (χ3n) is 8.38. The second-order valence-corrected chi connectivity index (χ2v) is 10.7. The first kappa shape index (κ1) is 24.7. The number of alkyl halides is 3. The fourth-order valence-corrected chi connectivity index (χ4v) is 6.55. The number of piperidine rings is 2. The van der Waals surface area contributed by atoms with E-state index < -0.39 is 30.5 Å². The third kappa shape index (κ3) is 5.03. The molecule has 1 saturated carbocycles. The van der Waals surface area contributed by atoms with Crippen molar-refractivity contribution in [3.05, 3.63) is 0 Å². The lowest BCUT2D eigenvalue weighted by atomic mass is 9.65. The van der Waals surface area contributed by atoms with Crippen LogP contribution in [-0.2, 0) is 14.3 Å². The van der Waals surface area contributed by atoms with Crippen LogP contribution in [0, 0.1) is 23.7 Å². The van der Waals surface area contributed by atoms with E-state index in [9.17, 15) is 22.8 Å². The van der Waals surface area contributed by atoms with Gasteiger partial charge in [-0.05, 0) is 63.7 Å². The number of hydrogen-bond acceptors (Lipinski definition) is 5. The number of likely N-dealkylation sites (tertiary alicyclic amines) is 1. The number of halogens is 3. The number of amides is 2. The van der Waals surface area contributed by atoms with E-state index in [2.05, 4.69) is 29.8 Å². The molecule has 10 atom stereocenters. The van der Waals surface area contributed by atoms with E-state index in [1.165, 1.54) is 6.92 Å². The molecule has 188 valence electrons. The Kier molecular flexibility index (Phi) is 7.00. The summed E-state index contributed by atoms with van der Waals surface area (Å²) in [6, 6.07) is -1.06. The summed E-state index contributed by atoms with van der Waals surface area (Å²) in [5, 5.41) is 8.98. The molecule has 3 saturated heterocycles. The zero-order chi connectivity index (χ0) is 24.1. The van der Waals surface area contributed by atoms with Crippen LogP contribution >= 0.6 is 0 Å². The molecule has 2 amide bonds. The molecule has 0 radical (unpaired) electrons. The van der Waals surface area contributed by atoms with Crippen LogP contribution in [0.4, 0.5) is 13.2 Å². The maximum atomic E-state index is 13.3. The van der Waals surface area contributed by atoms with Crippen molar-refractivity contribution < 1.29 is 27.5 Å². The van der Waals surface area contributed by atoms with Gasteiger partial charge in [-0.25, -0.2) is 0 Å². The average Bonchev–Trinajstić information content (AvgIpc) is 3.15. The summed E-state index contributed by atoms with van der Waals surface area (Å²) in [7, 11) is 1.90. The van der Waals surface area contributed by atoms with Crippen molar-refractivity contribution in [3.8, 4) is 0 Å². The second kappa shape index (κ2) is 9.34. The van der Waals surface area contributed by atoms with Gasteiger partial charge >= 0.3 is 6.18 Å². The summed E-state index contributed by atoms with van der Waals surface area (Å²) in [5.74, 6) is 0.207. The lowest BCUT2D eigenvalue weighted by molar-refractivity contribution is -0.216. The molecular weight excluding hydrogens is 437 g/mol. The van der Waals surface area contributed by atoms with Gasteiger partial charge < -0.3 is 20.3 Å². The maximum Gasteiger partial charge on any atom is 0.416 e. The summed E-state index contributed by atoms with van der Waals surface area (Å²) in [5.41, 5.74) is 0. The smallest absolute Gasteiger partial charge is 0.352 e. The number of carbonyl (C=O) groups excluding carboxylic acids is 2. The Labute approximate surface area is 193 Å². The Bertz CT molecular complexity index is 751. The minimum atomic E-state index is -4.62. The van der Waals surface area contributed by atoms with Crippen LogP contribution in [0.2, 0.25) is 0 Å². The Morgan fingerprint density at radius 1 is 1.15 bits per heavy atom. The van der Waals surface area contributed by atoms with E-state index >= 15 is 0 Å². The molecule has 3 N–H and O–H groups in total. The second-order valence-electron chi connectivity index (χ2n) is 10.7. The molecule has 3 heterocycles. The minimum Gasteiger partial charge on any atom is -0.352 e. The number of carbonyl (C=O) groups is 2. The number of rotatable bonds is 3. The molecule has 33 heavy (non-hydrogen) atoms. The van der Waals surface area contributed by atoms with Gasteiger partial charge in [0, 0.05) is 37.6 Å². The van der Waals surface area contributed by atoms with Crippen LogP contribution < -0.4 is 16.0 Å². The van der Waals surface area contributed by atoms with Crippen molar-refractivity contribution >= 4 is 11.8 Å². The number of nitrogens with zero attached hydrogens (tertiary/aromatic N) is 1. The summed E-state index contributed by atoms with van der Waals surface area (Å²) < 4.78 is 44.9. The summed E-state index contributed by atoms with van der Waals surface area (Å²) >= 11 is 0. The first-order valence-corrected chi connectivity index (χ1v) is 12.2. The molecular formula is C23H37F3N4O3. The molecule has 0 spiro atoms. The molecule has 0 aromatic heterocycles. The fourth-order valence-electron chi connectivity index (χ4n) is 6.55. The normalized spacial score (nSPS) is 44.5. The Morgan fingerprint density at radius 3 is 2.58 bits per heavy atom. The highest BCUT2D eigenvalue weighted by molar-refractivity contribution is 5.83. The van der Waals surface area contributed by atoms with E-state index in [1.807, 2.05) is 11.9 Å². The van der Waals surface area contributed by atoms with Crippen LogP contribution in [0.1, 0.15) is 52.9 Å². The maximum absolute atomic E-state index is 13.3. The Morgan fingerprint density at radius 2 is 1.88 bits per heavy atom. The highest BCUT2D eigenvalue weighted by Crippen LogP contribution is 2.43. The zero-order valence-corrected chi connectivity index (χ0v) is 19.8. The van der Waals surface area contributed by atoms with Gasteiger partial charge in [-0.3, -0.25) is 14.9 Å². The fraction of sp³-hybridized carbons (Fsp3) is 0.913. The summed E-state index contributed by atoms with van der Waals surface area (Å²) in [6.45, 7) is 6.65. The van der Waals surface area contributed by atoms with Crippen molar-refractivity contribution in [3.63, 3.8) is 0 Å². The number of ether oxygens (including phenoxy) is 1. The van der Waals surface area contributed by atoms with E-state index in [1.54, 1.807) is 0 Å². The van der Waals surface area contributed by atoms with Crippen molar-refractivity contribution in [1.82, 2.24) is 20.9 Å². The predicted molar refractivity (Wildman–Crippen MR) is 116 cm³/mol. The number of nitrogens with one attached hydrogen (secondary N) is 3. The first-order valence-electron chi connectivity index (χ1n) is 12.2. The minimum absolute atomic E-state index is 0.101. The van der Waals surface area contributed by atoms with Gasteiger partial charge in [-0.1, -0.05) is 6.92 Å². The van der Waals surface area contributed by atoms with Crippen LogP contribution in [0.25, 0.3) is 0 Å². The molecule has 4 fully saturated rings. The topological polar surface area (TPSA) is 82.7 Å². The van der Waals surface area contributed by atoms with Gasteiger partial charge in [-0.2, -0.15) is 13.2 Å². The van der Waals surface area contributed by atoms with Crippen LogP contribution in [0.3, 0.4) is 0 Å². The van der Waals surface area contributed by atoms with Gasteiger partial charge in [0.05, 0.1) is 0 Å². The first-order chi connectivity index (χ1) is 15.5. The van der Waals surface area contributed by atoms with Gasteiger partial charge in [0.15, 0.2) is 6.10 Å². The molecule has 0 aromatic carbocycles. The average molecular weight is 475 g/mol. The summed E-state index contributed by atoms with van der Waals surface area (Å²) in [4.78, 5) is 28.0. The quantitative estimate of drug-likeness (QED) is 0.583. The lowest BCUT2D eigenvalue weighted by Crippen LogP contribution is -2.60. The molecule has 3 aliphatic heterocycles. The van der Waals surface area contributed by atoms with Crippen molar-refractivity contribution in [2.75, 3.05) is 13.6 Å². The van der Waals surface area contributed by atoms with Crippen molar-refractivity contribution in [1.29, 1.82) is 0 Å². The number of fused-ring (bicyclic) bond motifs is 1. The third-order valence-corrected chi connectivity index (χ3v) is 8.38. The van der Waals surface area contributed by atoms with Crippen molar-refractivity contribution in [2.45, 2.75) is 95.6 Å². The van der Waals surface area contributed by atoms with Crippen LogP contribution in [0.15, 0.2) is 0 Å². The molecule has 10 heteroatoms. The highest BCUT2D eigenvalue weighted by atomic mass is 19.4. The van der Waals surface area contributed by atoms with Crippen LogP contribution in [0.5, 0.6) is 0 Å². The summed E-state index contributed by atoms with van der Waals surface area (Å²) in [6.07, 6.45) is -3.70. The SMILES string of the molecule is CC1CC2C(CN1)CC(C1CC(NC(=O)C3NC(C)OC3C(F)(F)F)CCC1C)C(=O)N2C. The van der Waals surface area contributed by atoms with E-state index in [-0.39, 0.29) is 29.8 Å². The van der Waals surface area contributed by atoms with Gasteiger partial charge in [0.1, 0.15) is 12.3 Å².